The van der Waals surface area contributed by atoms with Crippen LogP contribution in [0.3, 0.4) is 0 Å². The largest absolute Gasteiger partial charge is 0.466 e. The Labute approximate surface area is 175 Å². The number of rotatable bonds is 3. The van der Waals surface area contributed by atoms with Gasteiger partial charge in [-0.25, -0.2) is 4.99 Å². The van der Waals surface area contributed by atoms with Gasteiger partial charge in [-0.15, -0.1) is 0 Å². The lowest BCUT2D eigenvalue weighted by molar-refractivity contribution is -0.160. The molecule has 0 radical (unpaired) electrons. The van der Waals surface area contributed by atoms with Crippen LogP contribution in [0.25, 0.3) is 6.08 Å². The third-order valence-electron chi connectivity index (χ3n) is 5.45. The molecule has 30 heavy (non-hydrogen) atoms. The predicted octanol–water partition coefficient (Wildman–Crippen LogP) is 2.15. The molecule has 154 valence electrons. The van der Waals surface area contributed by atoms with E-state index < -0.39 is 23.7 Å². The fraction of sp³-hybridized carbons (Fsp3) is 0.318. The lowest BCUT2D eigenvalue weighted by Crippen LogP contribution is -2.58. The van der Waals surface area contributed by atoms with Crippen LogP contribution < -0.4 is 19.6 Å². The third kappa shape index (κ3) is 2.74. The van der Waals surface area contributed by atoms with E-state index in [2.05, 4.69) is 0 Å². The SMILES string of the molecule is CCOC(=O)[C@H]1[C@H]2c3ccccc3O[C@]1(C)N=c1s/c(=C/c3ccc(C)o3)c(=O)n12. The minimum absolute atomic E-state index is 0.217. The number of carbonyl (C=O) groups excluding carboxylic acids is 1. The first-order valence-electron chi connectivity index (χ1n) is 9.75. The highest BCUT2D eigenvalue weighted by Crippen LogP contribution is 2.47. The summed E-state index contributed by atoms with van der Waals surface area (Å²) in [5.41, 5.74) is -0.614. The number of nitrogens with zero attached hydrogens (tertiary/aromatic N) is 2. The molecule has 2 aliphatic heterocycles. The van der Waals surface area contributed by atoms with Crippen LogP contribution in [0.5, 0.6) is 5.75 Å². The molecule has 3 aromatic rings. The van der Waals surface area contributed by atoms with Crippen molar-refractivity contribution in [1.29, 1.82) is 0 Å². The second-order valence-corrected chi connectivity index (χ2v) is 8.51. The Morgan fingerprint density at radius 3 is 2.87 bits per heavy atom. The van der Waals surface area contributed by atoms with Crippen LogP contribution in [0.1, 0.15) is 37.0 Å². The van der Waals surface area contributed by atoms with Gasteiger partial charge in [0.25, 0.3) is 5.56 Å². The van der Waals surface area contributed by atoms with Gasteiger partial charge >= 0.3 is 5.97 Å². The van der Waals surface area contributed by atoms with Crippen molar-refractivity contribution in [1.82, 2.24) is 4.57 Å². The van der Waals surface area contributed by atoms with Crippen LogP contribution in [-0.4, -0.2) is 22.9 Å². The topological polar surface area (TPSA) is 83.0 Å². The molecule has 5 rings (SSSR count). The molecular weight excluding hydrogens is 404 g/mol. The van der Waals surface area contributed by atoms with Gasteiger partial charge in [-0.2, -0.15) is 0 Å². The molecule has 0 amide bonds. The molecule has 0 unspecified atom stereocenters. The minimum atomic E-state index is -1.17. The lowest BCUT2D eigenvalue weighted by atomic mass is 9.81. The predicted molar refractivity (Wildman–Crippen MR) is 110 cm³/mol. The Kier molecular flexibility index (Phi) is 4.21. The number of aromatic nitrogens is 1. The first-order chi connectivity index (χ1) is 14.4. The maximum atomic E-state index is 13.4. The number of carbonyl (C=O) groups is 1. The standard InChI is InChI=1S/C22H20N2O5S/c1-4-27-20(26)17-18-14-7-5-6-8-15(14)29-22(17,3)23-21-24(18)19(25)16(30-21)11-13-10-9-12(2)28-13/h5-11,17-18H,4H2,1-3H3/b16-11+/t17-,18-,22+/m1/s1. The fourth-order valence-electron chi connectivity index (χ4n) is 4.20. The van der Waals surface area contributed by atoms with Crippen LogP contribution in [0.2, 0.25) is 0 Å². The third-order valence-corrected chi connectivity index (χ3v) is 6.44. The van der Waals surface area contributed by atoms with Gasteiger partial charge in [0.15, 0.2) is 4.80 Å². The van der Waals surface area contributed by atoms with Crippen LogP contribution >= 0.6 is 11.3 Å². The molecule has 0 N–H and O–H groups in total. The van der Waals surface area contributed by atoms with E-state index in [1.54, 1.807) is 24.5 Å². The molecule has 3 atom stereocenters. The average molecular weight is 424 g/mol. The molecule has 2 bridgehead atoms. The van der Waals surface area contributed by atoms with Gasteiger partial charge in [0.2, 0.25) is 5.72 Å². The summed E-state index contributed by atoms with van der Waals surface area (Å²) in [5, 5.41) is 0. The Morgan fingerprint density at radius 2 is 2.13 bits per heavy atom. The Balaban J connectivity index is 1.78. The molecule has 8 heteroatoms. The molecule has 7 nitrogen and oxygen atoms in total. The van der Waals surface area contributed by atoms with E-state index in [9.17, 15) is 9.59 Å². The number of ether oxygens (including phenoxy) is 2. The van der Waals surface area contributed by atoms with Crippen molar-refractivity contribution in [3.8, 4) is 5.75 Å². The number of hydrogen-bond donors (Lipinski definition) is 0. The summed E-state index contributed by atoms with van der Waals surface area (Å²) < 4.78 is 19.2. The van der Waals surface area contributed by atoms with Gasteiger partial charge in [-0.1, -0.05) is 29.5 Å². The van der Waals surface area contributed by atoms with Gasteiger partial charge in [-0.3, -0.25) is 14.2 Å². The summed E-state index contributed by atoms with van der Waals surface area (Å²) >= 11 is 1.26. The monoisotopic (exact) mass is 424 g/mol. The Bertz CT molecular complexity index is 1330. The summed E-state index contributed by atoms with van der Waals surface area (Å²) in [6, 6.07) is 10.5. The van der Waals surface area contributed by atoms with Gasteiger partial charge in [0.05, 0.1) is 17.2 Å². The minimum Gasteiger partial charge on any atom is -0.466 e. The number of esters is 1. The number of benzene rings is 1. The fourth-order valence-corrected chi connectivity index (χ4v) is 5.28. The summed E-state index contributed by atoms with van der Waals surface area (Å²) in [5.74, 6) is 0.771. The molecule has 0 aliphatic carbocycles. The summed E-state index contributed by atoms with van der Waals surface area (Å²) in [7, 11) is 0. The molecule has 0 saturated carbocycles. The van der Waals surface area contributed by atoms with Gasteiger partial charge in [-0.05, 0) is 39.0 Å². The van der Waals surface area contributed by atoms with Crippen molar-refractivity contribution in [3.05, 3.63) is 73.2 Å². The first-order valence-corrected chi connectivity index (χ1v) is 10.6. The molecule has 0 fully saturated rings. The molecule has 0 spiro atoms. The van der Waals surface area contributed by atoms with E-state index in [0.29, 0.717) is 20.8 Å². The molecular formula is C22H20N2O5S. The van der Waals surface area contributed by atoms with Crippen molar-refractivity contribution in [2.24, 2.45) is 10.9 Å². The summed E-state index contributed by atoms with van der Waals surface area (Å²) in [4.78, 5) is 31.6. The van der Waals surface area contributed by atoms with Crippen molar-refractivity contribution in [3.63, 3.8) is 0 Å². The van der Waals surface area contributed by atoms with E-state index >= 15 is 0 Å². The zero-order chi connectivity index (χ0) is 21.0. The highest BCUT2D eigenvalue weighted by molar-refractivity contribution is 7.07. The first kappa shape index (κ1) is 18.9. The van der Waals surface area contributed by atoms with Gasteiger partial charge < -0.3 is 13.9 Å². The van der Waals surface area contributed by atoms with Crippen molar-refractivity contribution in [2.45, 2.75) is 32.5 Å². The zero-order valence-corrected chi connectivity index (χ0v) is 17.6. The summed E-state index contributed by atoms with van der Waals surface area (Å²) in [6.45, 7) is 5.61. The number of aryl methyl sites for hydroxylation is 1. The molecule has 2 aliphatic rings. The lowest BCUT2D eigenvalue weighted by Gasteiger charge is -2.44. The maximum Gasteiger partial charge on any atom is 0.317 e. The van der Waals surface area contributed by atoms with Crippen molar-refractivity contribution < 1.29 is 18.7 Å². The average Bonchev–Trinajstić information content (AvgIpc) is 3.23. The smallest absolute Gasteiger partial charge is 0.317 e. The highest BCUT2D eigenvalue weighted by Gasteiger charge is 2.55. The van der Waals surface area contributed by atoms with E-state index in [0.717, 1.165) is 11.3 Å². The van der Waals surface area contributed by atoms with E-state index in [4.69, 9.17) is 18.9 Å². The Morgan fingerprint density at radius 1 is 1.33 bits per heavy atom. The molecule has 2 aromatic heterocycles. The van der Waals surface area contributed by atoms with Gasteiger partial charge in [0.1, 0.15) is 23.2 Å². The summed E-state index contributed by atoms with van der Waals surface area (Å²) in [6.07, 6.45) is 1.71. The number of thiazole rings is 1. The van der Waals surface area contributed by atoms with Crippen LogP contribution in [-0.2, 0) is 9.53 Å². The second kappa shape index (κ2) is 6.70. The van der Waals surface area contributed by atoms with E-state index in [1.807, 2.05) is 43.3 Å². The van der Waals surface area contributed by atoms with Crippen LogP contribution in [0.15, 0.2) is 50.6 Å². The van der Waals surface area contributed by atoms with Crippen LogP contribution in [0.4, 0.5) is 0 Å². The maximum absolute atomic E-state index is 13.4. The van der Waals surface area contributed by atoms with Crippen molar-refractivity contribution in [2.75, 3.05) is 6.61 Å². The second-order valence-electron chi connectivity index (χ2n) is 7.50. The number of fused-ring (bicyclic) bond motifs is 6. The van der Waals surface area contributed by atoms with Crippen LogP contribution in [0, 0.1) is 12.8 Å². The Hall–Kier alpha value is -3.13. The zero-order valence-electron chi connectivity index (χ0n) is 16.7. The number of para-hydroxylation sites is 1. The quantitative estimate of drug-likeness (QED) is 0.602. The molecule has 4 heterocycles. The van der Waals surface area contributed by atoms with E-state index in [1.165, 1.54) is 11.3 Å². The molecule has 0 saturated heterocycles. The number of furan rings is 1. The van der Waals surface area contributed by atoms with Gasteiger partial charge in [0, 0.05) is 11.6 Å². The highest BCUT2D eigenvalue weighted by atomic mass is 32.1. The van der Waals surface area contributed by atoms with E-state index in [-0.39, 0.29) is 12.2 Å². The van der Waals surface area contributed by atoms with Crippen molar-refractivity contribution >= 4 is 23.4 Å². The molecule has 1 aromatic carbocycles. The number of hydrogen-bond acceptors (Lipinski definition) is 7. The normalized spacial score (nSPS) is 24.4.